The van der Waals surface area contributed by atoms with E-state index >= 15 is 0 Å². The van der Waals surface area contributed by atoms with Gasteiger partial charge in [-0.2, -0.15) is 0 Å². The van der Waals surface area contributed by atoms with Gasteiger partial charge in [-0.1, -0.05) is 66.9 Å². The van der Waals surface area contributed by atoms with Gasteiger partial charge in [0, 0.05) is 0 Å². The third kappa shape index (κ3) is 5.76. The fourth-order valence-corrected chi connectivity index (χ4v) is 3.07. The summed E-state index contributed by atoms with van der Waals surface area (Å²) in [4.78, 5) is 34.3. The van der Waals surface area contributed by atoms with Crippen molar-refractivity contribution in [2.75, 3.05) is 6.61 Å². The number of halogens is 3. The summed E-state index contributed by atoms with van der Waals surface area (Å²) in [7, 11) is 0. The van der Waals surface area contributed by atoms with Crippen LogP contribution in [-0.4, -0.2) is 29.6 Å². The molecule has 0 unspecified atom stereocenters. The summed E-state index contributed by atoms with van der Waals surface area (Å²) >= 11 is 17.8. The van der Waals surface area contributed by atoms with Crippen molar-refractivity contribution < 1.29 is 29.0 Å². The topological polar surface area (TPSA) is 89.9 Å². The Morgan fingerprint density at radius 3 is 2.38 bits per heavy atom. The van der Waals surface area contributed by atoms with E-state index in [9.17, 15) is 14.4 Å². The van der Waals surface area contributed by atoms with Crippen LogP contribution in [0.15, 0.2) is 6.07 Å². The van der Waals surface area contributed by atoms with E-state index in [1.165, 1.54) is 19.3 Å². The van der Waals surface area contributed by atoms with Crippen molar-refractivity contribution in [1.82, 2.24) is 0 Å². The van der Waals surface area contributed by atoms with E-state index in [4.69, 9.17) is 44.6 Å². The van der Waals surface area contributed by atoms with Gasteiger partial charge in [-0.15, -0.1) is 0 Å². The monoisotopic (exact) mass is 422 g/mol. The highest BCUT2D eigenvalue weighted by molar-refractivity contribution is 6.46. The van der Waals surface area contributed by atoms with Crippen molar-refractivity contribution in [1.29, 1.82) is 0 Å². The molecular formula is C17H17Cl3O6. The number of esters is 2. The molecule has 1 aromatic rings. The maximum atomic E-state index is 12.3. The van der Waals surface area contributed by atoms with Gasteiger partial charge < -0.3 is 14.6 Å². The summed E-state index contributed by atoms with van der Waals surface area (Å²) in [5.74, 6) is -3.99. The predicted octanol–water partition coefficient (Wildman–Crippen LogP) is 4.76. The normalized spacial score (nSPS) is 13.3. The van der Waals surface area contributed by atoms with Gasteiger partial charge in [-0.05, 0) is 18.4 Å². The number of rotatable bonds is 8. The Hall–Kier alpha value is -1.50. The predicted molar refractivity (Wildman–Crippen MR) is 96.2 cm³/mol. The molecule has 2 rings (SSSR count). The van der Waals surface area contributed by atoms with E-state index in [-0.39, 0.29) is 27.2 Å². The Bertz CT molecular complexity index is 715. The van der Waals surface area contributed by atoms with Gasteiger partial charge in [0.1, 0.15) is 5.56 Å². The third-order valence-corrected chi connectivity index (χ3v) is 4.96. The fourth-order valence-electron chi connectivity index (χ4n) is 2.35. The molecule has 1 N–H and O–H groups in total. The Morgan fingerprint density at radius 2 is 1.77 bits per heavy atom. The Labute approximate surface area is 165 Å². The van der Waals surface area contributed by atoms with E-state index in [0.717, 1.165) is 24.8 Å². The molecular weight excluding hydrogens is 407 g/mol. The summed E-state index contributed by atoms with van der Waals surface area (Å²) in [5.41, 5.74) is -0.378. The van der Waals surface area contributed by atoms with Gasteiger partial charge in [0.2, 0.25) is 0 Å². The Morgan fingerprint density at radius 1 is 1.08 bits per heavy atom. The van der Waals surface area contributed by atoms with Crippen LogP contribution in [0.5, 0.6) is 5.75 Å². The molecule has 0 bridgehead atoms. The number of carbonyl (C=O) groups excluding carboxylic acids is 2. The highest BCUT2D eigenvalue weighted by Gasteiger charge is 2.27. The maximum absolute atomic E-state index is 12.3. The van der Waals surface area contributed by atoms with Crippen LogP contribution < -0.4 is 4.74 Å². The fraction of sp³-hybridized carbons (Fsp3) is 0.471. The zero-order chi connectivity index (χ0) is 19.3. The number of benzene rings is 1. The molecule has 0 spiro atoms. The van der Waals surface area contributed by atoms with Crippen molar-refractivity contribution >= 4 is 52.7 Å². The van der Waals surface area contributed by atoms with Crippen LogP contribution in [-0.2, 0) is 14.3 Å². The minimum absolute atomic E-state index is 0.0526. The zero-order valence-corrected chi connectivity index (χ0v) is 16.0. The first-order chi connectivity index (χ1) is 12.3. The van der Waals surface area contributed by atoms with Gasteiger partial charge in [0.25, 0.3) is 0 Å². The van der Waals surface area contributed by atoms with Crippen molar-refractivity contribution in [3.8, 4) is 5.75 Å². The lowest BCUT2D eigenvalue weighted by Crippen LogP contribution is -2.21. The number of aliphatic carboxylic acids is 1. The largest absolute Gasteiger partial charge is 0.473 e. The number of hydrogen-bond acceptors (Lipinski definition) is 5. The number of ether oxygens (including phenoxy) is 2. The molecule has 9 heteroatoms. The average molecular weight is 424 g/mol. The van der Waals surface area contributed by atoms with Crippen LogP contribution in [0.1, 0.15) is 48.9 Å². The highest BCUT2D eigenvalue weighted by Crippen LogP contribution is 2.40. The first-order valence-electron chi connectivity index (χ1n) is 8.11. The van der Waals surface area contributed by atoms with Crippen LogP contribution in [0.3, 0.4) is 0 Å². The molecule has 0 heterocycles. The van der Waals surface area contributed by atoms with Gasteiger partial charge in [-0.3, -0.25) is 0 Å². The summed E-state index contributed by atoms with van der Waals surface area (Å²) in [5, 5.41) is 8.14. The molecule has 0 amide bonds. The number of hydrogen-bond donors (Lipinski definition) is 1. The third-order valence-electron chi connectivity index (χ3n) is 3.89. The number of carbonyl (C=O) groups is 3. The quantitative estimate of drug-likeness (QED) is 0.213. The van der Waals surface area contributed by atoms with Crippen LogP contribution in [0.25, 0.3) is 0 Å². The summed E-state index contributed by atoms with van der Waals surface area (Å²) in [6.45, 7) is 0.149. The molecule has 0 radical (unpaired) electrons. The zero-order valence-electron chi connectivity index (χ0n) is 13.7. The van der Waals surface area contributed by atoms with E-state index in [2.05, 4.69) is 4.74 Å². The molecule has 1 saturated carbocycles. The molecule has 1 fully saturated rings. The summed E-state index contributed by atoms with van der Waals surface area (Å²) in [6.07, 6.45) is 6.48. The number of unbranched alkanes of at least 4 members (excludes halogenated alkanes) is 2. The van der Waals surface area contributed by atoms with Crippen molar-refractivity contribution in [2.45, 2.75) is 38.5 Å². The highest BCUT2D eigenvalue weighted by atomic mass is 35.5. The van der Waals surface area contributed by atoms with Gasteiger partial charge in [-0.25, -0.2) is 14.4 Å². The van der Waals surface area contributed by atoms with Crippen molar-refractivity contribution in [3.63, 3.8) is 0 Å². The molecule has 1 aromatic carbocycles. The van der Waals surface area contributed by atoms with E-state index < -0.39 is 23.7 Å². The molecule has 6 nitrogen and oxygen atoms in total. The first kappa shape index (κ1) is 20.8. The molecule has 26 heavy (non-hydrogen) atoms. The second kappa shape index (κ2) is 9.44. The van der Waals surface area contributed by atoms with Crippen LogP contribution >= 0.6 is 34.8 Å². The standard InChI is InChI=1S/C17H17Cl3O6/c18-10-8-11(19)14(26-17(24)15(21)22)12(13(10)20)16(23)25-7-3-1-2-4-9-5-6-9/h8-9H,1-7H2,(H,21,22). The lowest BCUT2D eigenvalue weighted by molar-refractivity contribution is -0.158. The van der Waals surface area contributed by atoms with Gasteiger partial charge in [0.15, 0.2) is 5.75 Å². The molecule has 0 saturated heterocycles. The lowest BCUT2D eigenvalue weighted by atomic mass is 10.1. The minimum Gasteiger partial charge on any atom is -0.473 e. The van der Waals surface area contributed by atoms with Crippen LogP contribution in [0.2, 0.25) is 15.1 Å². The first-order valence-corrected chi connectivity index (χ1v) is 9.24. The van der Waals surface area contributed by atoms with Crippen molar-refractivity contribution in [3.05, 3.63) is 26.7 Å². The Balaban J connectivity index is 2.03. The second-order valence-corrected chi connectivity index (χ2v) is 7.17. The SMILES string of the molecule is O=C(O)C(=O)Oc1c(Cl)cc(Cl)c(Cl)c1C(=O)OCCCCCC1CC1. The Kier molecular flexibility index (Phi) is 7.55. The molecule has 1 aliphatic rings. The molecule has 0 aliphatic heterocycles. The van der Waals surface area contributed by atoms with E-state index in [1.807, 2.05) is 0 Å². The lowest BCUT2D eigenvalue weighted by Gasteiger charge is -2.13. The summed E-state index contributed by atoms with van der Waals surface area (Å²) < 4.78 is 9.80. The number of carboxylic acids is 1. The minimum atomic E-state index is -1.85. The van der Waals surface area contributed by atoms with E-state index in [0.29, 0.717) is 6.42 Å². The van der Waals surface area contributed by atoms with Crippen LogP contribution in [0, 0.1) is 5.92 Å². The smallest absolute Gasteiger partial charge is 0.422 e. The molecule has 0 atom stereocenters. The molecule has 0 aromatic heterocycles. The van der Waals surface area contributed by atoms with Gasteiger partial charge in [0.05, 0.1) is 21.7 Å². The van der Waals surface area contributed by atoms with Crippen molar-refractivity contribution in [2.24, 2.45) is 5.92 Å². The maximum Gasteiger partial charge on any atom is 0.422 e. The van der Waals surface area contributed by atoms with E-state index in [1.54, 1.807) is 0 Å². The van der Waals surface area contributed by atoms with Gasteiger partial charge >= 0.3 is 17.9 Å². The average Bonchev–Trinajstić information content (AvgIpc) is 3.39. The number of carboxylic acid groups (broad SMARTS) is 1. The van der Waals surface area contributed by atoms with Crippen LogP contribution in [0.4, 0.5) is 0 Å². The summed E-state index contributed by atoms with van der Waals surface area (Å²) in [6, 6.07) is 1.14. The molecule has 1 aliphatic carbocycles. The molecule has 142 valence electrons. The second-order valence-electron chi connectivity index (χ2n) is 5.98.